The number of amides is 1. The fraction of sp³-hybridized carbons (Fsp3) is 0.556. The van der Waals surface area contributed by atoms with Crippen LogP contribution in [0.2, 0.25) is 0 Å². The molecule has 0 aliphatic heterocycles. The minimum atomic E-state index is -0.238. The lowest BCUT2D eigenvalue weighted by Gasteiger charge is -2.08. The van der Waals surface area contributed by atoms with E-state index in [2.05, 4.69) is 10.6 Å². The number of hydrogen-bond donors (Lipinski definition) is 2. The molecular formula is C9H16N2O2. The topological polar surface area (TPSA) is 58.2 Å². The number of Topliss-reactive ketones (excluding diaryl/α,β-unsaturated/α-hetero) is 1. The maximum absolute atomic E-state index is 11.3. The molecule has 0 spiro atoms. The number of nitrogens with one attached hydrogen (secondary N) is 2. The Kier molecular flexibility index (Phi) is 4.80. The Bertz CT molecular complexity index is 240. The Balaban J connectivity index is 4.25. The van der Waals surface area contributed by atoms with Crippen molar-refractivity contribution in [1.82, 2.24) is 10.6 Å². The second-order valence-corrected chi connectivity index (χ2v) is 3.01. The quantitative estimate of drug-likeness (QED) is 0.614. The molecule has 0 bridgehead atoms. The summed E-state index contributed by atoms with van der Waals surface area (Å²) in [5.41, 5.74) is 1.41. The van der Waals surface area contributed by atoms with Crippen LogP contribution in [0, 0.1) is 0 Å². The van der Waals surface area contributed by atoms with Gasteiger partial charge in [0.05, 0.1) is 12.2 Å². The van der Waals surface area contributed by atoms with Crippen molar-refractivity contribution in [2.75, 3.05) is 13.6 Å². The van der Waals surface area contributed by atoms with E-state index in [0.29, 0.717) is 5.70 Å². The van der Waals surface area contributed by atoms with Gasteiger partial charge in [0.2, 0.25) is 0 Å². The minimum absolute atomic E-state index is 0.0578. The van der Waals surface area contributed by atoms with Gasteiger partial charge >= 0.3 is 0 Å². The molecule has 0 aromatic heterocycles. The fourth-order valence-corrected chi connectivity index (χ4v) is 0.884. The van der Waals surface area contributed by atoms with Gasteiger partial charge in [0, 0.05) is 7.05 Å². The van der Waals surface area contributed by atoms with Crippen LogP contribution in [-0.4, -0.2) is 25.3 Å². The van der Waals surface area contributed by atoms with Gasteiger partial charge in [-0.1, -0.05) is 0 Å². The molecule has 4 heteroatoms. The highest BCUT2D eigenvalue weighted by atomic mass is 16.2. The highest BCUT2D eigenvalue weighted by Crippen LogP contribution is 1.97. The van der Waals surface area contributed by atoms with Gasteiger partial charge in [-0.3, -0.25) is 9.59 Å². The summed E-state index contributed by atoms with van der Waals surface area (Å²) in [6.45, 7) is 5.18. The second kappa shape index (κ2) is 5.35. The number of allylic oxidation sites excluding steroid dienone is 1. The molecule has 0 saturated carbocycles. The molecule has 0 unspecified atom stereocenters. The molecule has 0 atom stereocenters. The molecule has 0 fully saturated rings. The summed E-state index contributed by atoms with van der Waals surface area (Å²) in [7, 11) is 1.68. The molecule has 13 heavy (non-hydrogen) atoms. The van der Waals surface area contributed by atoms with Crippen LogP contribution >= 0.6 is 0 Å². The van der Waals surface area contributed by atoms with E-state index in [1.165, 1.54) is 6.92 Å². The molecular weight excluding hydrogens is 168 g/mol. The molecule has 4 nitrogen and oxygen atoms in total. The molecule has 0 rings (SSSR count). The molecule has 74 valence electrons. The van der Waals surface area contributed by atoms with Gasteiger partial charge in [0.15, 0.2) is 0 Å². The minimum Gasteiger partial charge on any atom is -0.384 e. The van der Waals surface area contributed by atoms with Crippen LogP contribution in [0.4, 0.5) is 0 Å². The average Bonchev–Trinajstić information content (AvgIpc) is 2.01. The van der Waals surface area contributed by atoms with Gasteiger partial charge < -0.3 is 10.6 Å². The third kappa shape index (κ3) is 4.30. The second-order valence-electron chi connectivity index (χ2n) is 3.01. The largest absolute Gasteiger partial charge is 0.384 e. The van der Waals surface area contributed by atoms with Gasteiger partial charge in [0.25, 0.3) is 5.91 Å². The average molecular weight is 184 g/mol. The Hall–Kier alpha value is -1.32. The van der Waals surface area contributed by atoms with E-state index < -0.39 is 0 Å². The smallest absolute Gasteiger partial charge is 0.267 e. The van der Waals surface area contributed by atoms with E-state index in [1.807, 2.05) is 13.8 Å². The number of carbonyl (C=O) groups is 2. The van der Waals surface area contributed by atoms with E-state index in [9.17, 15) is 9.59 Å². The van der Waals surface area contributed by atoms with Crippen molar-refractivity contribution < 1.29 is 9.59 Å². The summed E-state index contributed by atoms with van der Waals surface area (Å²) >= 11 is 0. The lowest BCUT2D eigenvalue weighted by atomic mass is 10.2. The first-order chi connectivity index (χ1) is 5.99. The third-order valence-corrected chi connectivity index (χ3v) is 1.47. The Labute approximate surface area is 78.4 Å². The fourth-order valence-electron chi connectivity index (χ4n) is 0.884. The Morgan fingerprint density at radius 3 is 2.00 bits per heavy atom. The normalized spacial score (nSPS) is 8.92. The first kappa shape index (κ1) is 11.7. The van der Waals surface area contributed by atoms with Gasteiger partial charge in [-0.2, -0.15) is 0 Å². The van der Waals surface area contributed by atoms with Gasteiger partial charge in [-0.15, -0.1) is 0 Å². The van der Waals surface area contributed by atoms with E-state index in [4.69, 9.17) is 0 Å². The van der Waals surface area contributed by atoms with E-state index in [1.54, 1.807) is 7.05 Å². The van der Waals surface area contributed by atoms with Crippen LogP contribution < -0.4 is 10.6 Å². The van der Waals surface area contributed by atoms with E-state index >= 15 is 0 Å². The van der Waals surface area contributed by atoms with Crippen LogP contribution in [0.15, 0.2) is 11.3 Å². The Morgan fingerprint density at radius 2 is 1.69 bits per heavy atom. The monoisotopic (exact) mass is 184 g/mol. The van der Waals surface area contributed by atoms with Gasteiger partial charge in [-0.25, -0.2) is 0 Å². The van der Waals surface area contributed by atoms with E-state index in [0.717, 1.165) is 5.57 Å². The molecule has 0 radical (unpaired) electrons. The number of ketones is 1. The van der Waals surface area contributed by atoms with Crippen molar-refractivity contribution in [2.45, 2.75) is 20.8 Å². The number of rotatable bonds is 4. The molecule has 0 aliphatic rings. The zero-order chi connectivity index (χ0) is 10.4. The van der Waals surface area contributed by atoms with Crippen LogP contribution in [0.3, 0.4) is 0 Å². The predicted molar refractivity (Wildman–Crippen MR) is 51.1 cm³/mol. The number of likely N-dealkylation sites (N-methyl/N-ethyl adjacent to an activating group) is 1. The van der Waals surface area contributed by atoms with Crippen molar-refractivity contribution in [1.29, 1.82) is 0 Å². The third-order valence-electron chi connectivity index (χ3n) is 1.47. The summed E-state index contributed by atoms with van der Waals surface area (Å²) < 4.78 is 0. The summed E-state index contributed by atoms with van der Waals surface area (Å²) in [5, 5.41) is 5.29. The maximum atomic E-state index is 11.3. The van der Waals surface area contributed by atoms with Gasteiger partial charge in [-0.05, 0) is 26.3 Å². The molecule has 0 aliphatic carbocycles. The molecule has 0 heterocycles. The summed E-state index contributed by atoms with van der Waals surface area (Å²) in [6, 6.07) is 0. The predicted octanol–water partition coefficient (Wildman–Crippen LogP) is 0.205. The maximum Gasteiger partial charge on any atom is 0.267 e. The lowest BCUT2D eigenvalue weighted by Crippen LogP contribution is -2.34. The molecule has 0 aromatic carbocycles. The Morgan fingerprint density at radius 1 is 1.15 bits per heavy atom. The van der Waals surface area contributed by atoms with Crippen LogP contribution in [-0.2, 0) is 9.59 Å². The van der Waals surface area contributed by atoms with Crippen molar-refractivity contribution in [3.8, 4) is 0 Å². The van der Waals surface area contributed by atoms with Crippen LogP contribution in [0.25, 0.3) is 0 Å². The summed E-state index contributed by atoms with van der Waals surface area (Å²) in [6.07, 6.45) is 0. The highest BCUT2D eigenvalue weighted by Gasteiger charge is 2.08. The first-order valence-corrected chi connectivity index (χ1v) is 4.12. The molecule has 2 N–H and O–H groups in total. The van der Waals surface area contributed by atoms with Crippen molar-refractivity contribution >= 4 is 11.7 Å². The van der Waals surface area contributed by atoms with Crippen molar-refractivity contribution in [3.63, 3.8) is 0 Å². The molecule has 0 saturated heterocycles. The van der Waals surface area contributed by atoms with Crippen LogP contribution in [0.5, 0.6) is 0 Å². The van der Waals surface area contributed by atoms with Crippen molar-refractivity contribution in [2.24, 2.45) is 0 Å². The van der Waals surface area contributed by atoms with Crippen molar-refractivity contribution in [3.05, 3.63) is 11.3 Å². The zero-order valence-electron chi connectivity index (χ0n) is 8.52. The summed E-state index contributed by atoms with van der Waals surface area (Å²) in [5.74, 6) is -0.296. The lowest BCUT2D eigenvalue weighted by molar-refractivity contribution is -0.122. The molecule has 0 aromatic rings. The van der Waals surface area contributed by atoms with Gasteiger partial charge in [0.1, 0.15) is 5.78 Å². The number of hydrogen-bond acceptors (Lipinski definition) is 3. The SMILES string of the molecule is CNC(C(=O)NCC(C)=O)=C(C)C. The van der Waals surface area contributed by atoms with Crippen LogP contribution in [0.1, 0.15) is 20.8 Å². The molecule has 1 amide bonds. The number of carbonyl (C=O) groups excluding carboxylic acids is 2. The zero-order valence-corrected chi connectivity index (χ0v) is 8.52. The highest BCUT2D eigenvalue weighted by molar-refractivity contribution is 5.95. The first-order valence-electron chi connectivity index (χ1n) is 4.12. The summed E-state index contributed by atoms with van der Waals surface area (Å²) in [4.78, 5) is 21.9. The van der Waals surface area contributed by atoms with E-state index in [-0.39, 0.29) is 18.2 Å². The standard InChI is InChI=1S/C9H16N2O2/c1-6(2)8(10-4)9(13)11-5-7(3)12/h10H,5H2,1-4H3,(H,11,13).